The fourth-order valence-electron chi connectivity index (χ4n) is 1.39. The Labute approximate surface area is 101 Å². The van der Waals surface area contributed by atoms with Gasteiger partial charge in [0, 0.05) is 12.4 Å². The standard InChI is InChI=1S/C11H17ClN2O2/c1-3-5-11(6-7-12,9(13)15)10(16)14-8-4-2/h3-4H,1-2,5-8H2,(H2,13,15)(H,14,16). The van der Waals surface area contributed by atoms with E-state index in [1.54, 1.807) is 0 Å². The third-order valence-corrected chi connectivity index (χ3v) is 2.52. The Morgan fingerprint density at radius 1 is 1.38 bits per heavy atom. The minimum absolute atomic E-state index is 0.179. The highest BCUT2D eigenvalue weighted by molar-refractivity contribution is 6.18. The number of hydrogen-bond acceptors (Lipinski definition) is 2. The largest absolute Gasteiger partial charge is 0.369 e. The van der Waals surface area contributed by atoms with E-state index in [2.05, 4.69) is 18.5 Å². The zero-order valence-corrected chi connectivity index (χ0v) is 9.93. The summed E-state index contributed by atoms with van der Waals surface area (Å²) < 4.78 is 0. The molecule has 0 radical (unpaired) electrons. The maximum atomic E-state index is 11.9. The van der Waals surface area contributed by atoms with Crippen LogP contribution in [0.4, 0.5) is 0 Å². The zero-order chi connectivity index (χ0) is 12.6. The summed E-state index contributed by atoms with van der Waals surface area (Å²) in [4.78, 5) is 23.3. The Bertz CT molecular complexity index is 292. The molecule has 0 spiro atoms. The fraction of sp³-hybridized carbons (Fsp3) is 0.455. The first-order valence-corrected chi connectivity index (χ1v) is 5.44. The number of halogens is 1. The van der Waals surface area contributed by atoms with Crippen molar-refractivity contribution >= 4 is 23.4 Å². The van der Waals surface area contributed by atoms with Crippen LogP contribution in [-0.2, 0) is 9.59 Å². The molecule has 0 bridgehead atoms. The average molecular weight is 245 g/mol. The SMILES string of the molecule is C=CCNC(=O)C(CC=C)(CCCl)C(N)=O. The van der Waals surface area contributed by atoms with Gasteiger partial charge in [-0.05, 0) is 12.8 Å². The van der Waals surface area contributed by atoms with E-state index >= 15 is 0 Å². The molecule has 0 saturated carbocycles. The van der Waals surface area contributed by atoms with E-state index < -0.39 is 17.2 Å². The van der Waals surface area contributed by atoms with Gasteiger partial charge in [-0.2, -0.15) is 0 Å². The lowest BCUT2D eigenvalue weighted by atomic mass is 9.80. The van der Waals surface area contributed by atoms with Crippen molar-refractivity contribution in [3.63, 3.8) is 0 Å². The second kappa shape index (κ2) is 7.06. The molecule has 0 heterocycles. The van der Waals surface area contributed by atoms with Crippen molar-refractivity contribution in [2.75, 3.05) is 12.4 Å². The predicted octanol–water partition coefficient (Wildman–Crippen LogP) is 0.965. The number of rotatable bonds is 8. The van der Waals surface area contributed by atoms with E-state index in [1.165, 1.54) is 12.2 Å². The number of alkyl halides is 1. The summed E-state index contributed by atoms with van der Waals surface area (Å²) in [5, 5.41) is 2.56. The molecule has 0 aliphatic rings. The molecule has 0 fully saturated rings. The van der Waals surface area contributed by atoms with E-state index in [0.29, 0.717) is 0 Å². The molecule has 5 heteroatoms. The molecule has 1 unspecified atom stereocenters. The van der Waals surface area contributed by atoms with E-state index in [1.807, 2.05) is 0 Å². The number of allylic oxidation sites excluding steroid dienone is 1. The Morgan fingerprint density at radius 2 is 2.00 bits per heavy atom. The van der Waals surface area contributed by atoms with Crippen LogP contribution in [0.2, 0.25) is 0 Å². The molecule has 0 aromatic rings. The van der Waals surface area contributed by atoms with Crippen molar-refractivity contribution in [2.24, 2.45) is 11.1 Å². The normalized spacial score (nSPS) is 13.6. The van der Waals surface area contributed by atoms with E-state index in [9.17, 15) is 9.59 Å². The molecule has 90 valence electrons. The Hall–Kier alpha value is -1.29. The Kier molecular flexibility index (Phi) is 6.49. The van der Waals surface area contributed by atoms with Gasteiger partial charge in [0.05, 0.1) is 0 Å². The molecule has 0 aromatic heterocycles. The fourth-order valence-corrected chi connectivity index (χ4v) is 1.71. The van der Waals surface area contributed by atoms with Crippen molar-refractivity contribution in [1.29, 1.82) is 0 Å². The molecule has 0 rings (SSSR count). The van der Waals surface area contributed by atoms with Crippen LogP contribution >= 0.6 is 11.6 Å². The van der Waals surface area contributed by atoms with Gasteiger partial charge in [-0.15, -0.1) is 24.8 Å². The maximum Gasteiger partial charge on any atom is 0.236 e. The highest BCUT2D eigenvalue weighted by Crippen LogP contribution is 2.28. The number of nitrogens with two attached hydrogens (primary N) is 1. The summed E-state index contributed by atoms with van der Waals surface area (Å²) in [6.45, 7) is 7.28. The summed E-state index contributed by atoms with van der Waals surface area (Å²) >= 11 is 5.60. The van der Waals surface area contributed by atoms with Crippen molar-refractivity contribution < 1.29 is 9.59 Å². The van der Waals surface area contributed by atoms with Gasteiger partial charge in [-0.1, -0.05) is 12.2 Å². The van der Waals surface area contributed by atoms with Crippen molar-refractivity contribution in [3.8, 4) is 0 Å². The topological polar surface area (TPSA) is 72.2 Å². The summed E-state index contributed by atoms with van der Waals surface area (Å²) in [6, 6.07) is 0. The lowest BCUT2D eigenvalue weighted by molar-refractivity contribution is -0.141. The first-order chi connectivity index (χ1) is 7.55. The maximum absolute atomic E-state index is 11.9. The van der Waals surface area contributed by atoms with Gasteiger partial charge in [0.1, 0.15) is 5.41 Å². The first-order valence-electron chi connectivity index (χ1n) is 4.91. The second-order valence-corrected chi connectivity index (χ2v) is 3.75. The Balaban J connectivity index is 4.98. The van der Waals surface area contributed by atoms with E-state index in [4.69, 9.17) is 17.3 Å². The highest BCUT2D eigenvalue weighted by Gasteiger charge is 2.42. The van der Waals surface area contributed by atoms with Crippen LogP contribution < -0.4 is 11.1 Å². The van der Waals surface area contributed by atoms with Gasteiger partial charge in [0.15, 0.2) is 0 Å². The van der Waals surface area contributed by atoms with Crippen LogP contribution in [0.1, 0.15) is 12.8 Å². The first kappa shape index (κ1) is 14.7. The van der Waals surface area contributed by atoms with Crippen LogP contribution in [0.5, 0.6) is 0 Å². The number of hydrogen-bond donors (Lipinski definition) is 2. The van der Waals surface area contributed by atoms with Gasteiger partial charge in [0.25, 0.3) is 0 Å². The van der Waals surface area contributed by atoms with Gasteiger partial charge in [-0.25, -0.2) is 0 Å². The van der Waals surface area contributed by atoms with E-state index in [-0.39, 0.29) is 25.3 Å². The minimum atomic E-state index is -1.30. The van der Waals surface area contributed by atoms with Crippen molar-refractivity contribution in [3.05, 3.63) is 25.3 Å². The van der Waals surface area contributed by atoms with Gasteiger partial charge in [-0.3, -0.25) is 9.59 Å². The van der Waals surface area contributed by atoms with E-state index in [0.717, 1.165) is 0 Å². The van der Waals surface area contributed by atoms with Gasteiger partial charge in [0.2, 0.25) is 11.8 Å². The lowest BCUT2D eigenvalue weighted by Crippen LogP contribution is -2.49. The van der Waals surface area contributed by atoms with Crippen LogP contribution in [0.3, 0.4) is 0 Å². The molecule has 4 nitrogen and oxygen atoms in total. The summed E-state index contributed by atoms with van der Waals surface area (Å²) in [5.74, 6) is -0.937. The molecule has 0 aliphatic carbocycles. The average Bonchev–Trinajstić information content (AvgIpc) is 2.24. The number of carbonyl (C=O) groups is 2. The van der Waals surface area contributed by atoms with Crippen LogP contribution in [-0.4, -0.2) is 24.2 Å². The van der Waals surface area contributed by atoms with Crippen LogP contribution in [0, 0.1) is 5.41 Å². The molecule has 3 N–H and O–H groups in total. The monoisotopic (exact) mass is 244 g/mol. The minimum Gasteiger partial charge on any atom is -0.369 e. The van der Waals surface area contributed by atoms with Gasteiger partial charge < -0.3 is 11.1 Å². The molecular formula is C11H17ClN2O2. The number of primary amides is 1. The predicted molar refractivity (Wildman–Crippen MR) is 65.0 cm³/mol. The summed E-state index contributed by atoms with van der Waals surface area (Å²) in [5.41, 5.74) is 3.99. The second-order valence-electron chi connectivity index (χ2n) is 3.38. The smallest absolute Gasteiger partial charge is 0.236 e. The molecule has 16 heavy (non-hydrogen) atoms. The highest BCUT2D eigenvalue weighted by atomic mass is 35.5. The van der Waals surface area contributed by atoms with Crippen LogP contribution in [0.15, 0.2) is 25.3 Å². The summed E-state index contributed by atoms with van der Waals surface area (Å²) in [6.07, 6.45) is 3.39. The van der Waals surface area contributed by atoms with Crippen molar-refractivity contribution in [2.45, 2.75) is 12.8 Å². The quantitative estimate of drug-likeness (QED) is 0.379. The molecule has 1 atom stereocenters. The molecule has 0 saturated heterocycles. The number of carbonyl (C=O) groups excluding carboxylic acids is 2. The number of amides is 2. The molecule has 2 amide bonds. The van der Waals surface area contributed by atoms with Crippen LogP contribution in [0.25, 0.3) is 0 Å². The number of nitrogens with one attached hydrogen (secondary N) is 1. The molecule has 0 aliphatic heterocycles. The van der Waals surface area contributed by atoms with Gasteiger partial charge >= 0.3 is 0 Å². The van der Waals surface area contributed by atoms with Crippen molar-refractivity contribution in [1.82, 2.24) is 5.32 Å². The lowest BCUT2D eigenvalue weighted by Gasteiger charge is -2.27. The molecule has 0 aromatic carbocycles. The summed E-state index contributed by atoms with van der Waals surface area (Å²) in [7, 11) is 0. The third kappa shape index (κ3) is 3.38. The Morgan fingerprint density at radius 3 is 2.38 bits per heavy atom. The third-order valence-electron chi connectivity index (χ3n) is 2.33. The zero-order valence-electron chi connectivity index (χ0n) is 9.17. The molecular weight excluding hydrogens is 228 g/mol.